The Morgan fingerprint density at radius 1 is 0.475 bits per heavy atom. The van der Waals surface area contributed by atoms with Crippen molar-refractivity contribution in [3.05, 3.63) is 23.8 Å². The fraction of sp³-hybridized carbons (Fsp3) is 0.806. The van der Waals surface area contributed by atoms with Gasteiger partial charge in [0.25, 0.3) is 0 Å². The maximum absolute atomic E-state index is 12.2. The molecule has 232 valence electrons. The Labute approximate surface area is 248 Å². The second kappa shape index (κ2) is 27.5. The first-order valence-corrected chi connectivity index (χ1v) is 17.2. The average Bonchev–Trinajstić information content (AvgIpc) is 2.97. The number of benzene rings is 1. The van der Waals surface area contributed by atoms with Crippen LogP contribution in [0.3, 0.4) is 0 Å². The summed E-state index contributed by atoms with van der Waals surface area (Å²) in [6.45, 7) is 5.88. The van der Waals surface area contributed by atoms with Gasteiger partial charge in [0, 0.05) is 6.07 Å². The summed E-state index contributed by atoms with van der Waals surface area (Å²) in [4.78, 5) is 12.2. The summed E-state index contributed by atoms with van der Waals surface area (Å²) in [5, 5.41) is 0. The zero-order valence-electron chi connectivity index (χ0n) is 26.7. The Balaban J connectivity index is 2.14. The van der Waals surface area contributed by atoms with Crippen molar-refractivity contribution in [1.82, 2.24) is 0 Å². The van der Waals surface area contributed by atoms with Gasteiger partial charge in [-0.25, -0.2) is 4.79 Å². The first-order chi connectivity index (χ1) is 19.7. The normalized spacial score (nSPS) is 11.1. The molecule has 1 aromatic carbocycles. The van der Waals surface area contributed by atoms with Gasteiger partial charge in [-0.2, -0.15) is 0 Å². The van der Waals surface area contributed by atoms with Crippen LogP contribution >= 0.6 is 0 Å². The van der Waals surface area contributed by atoms with Crippen LogP contribution in [0.5, 0.6) is 11.5 Å². The summed E-state index contributed by atoms with van der Waals surface area (Å²) in [6, 6.07) is 5.44. The third kappa shape index (κ3) is 21.1. The smallest absolute Gasteiger partial charge is 0.338 e. The van der Waals surface area contributed by atoms with E-state index in [9.17, 15) is 4.79 Å². The number of carbonyl (C=O) groups excluding carboxylic acids is 1. The van der Waals surface area contributed by atoms with Gasteiger partial charge in [0.1, 0.15) is 11.5 Å². The van der Waals surface area contributed by atoms with E-state index in [1.165, 1.54) is 148 Å². The first-order valence-electron chi connectivity index (χ1n) is 17.2. The molecule has 0 aliphatic heterocycles. The van der Waals surface area contributed by atoms with Crippen molar-refractivity contribution in [1.29, 1.82) is 0 Å². The van der Waals surface area contributed by atoms with Gasteiger partial charge in [-0.15, -0.1) is 0 Å². The zero-order chi connectivity index (χ0) is 28.9. The fourth-order valence-corrected chi connectivity index (χ4v) is 5.24. The number of rotatable bonds is 29. The minimum atomic E-state index is -0.356. The number of hydrogen-bond acceptors (Lipinski definition) is 4. The van der Waals surface area contributed by atoms with Gasteiger partial charge in [-0.05, 0) is 25.0 Å². The monoisotopic (exact) mass is 560 g/mol. The molecule has 0 saturated carbocycles. The van der Waals surface area contributed by atoms with Crippen LogP contribution in [0.25, 0.3) is 0 Å². The lowest BCUT2D eigenvalue weighted by Gasteiger charge is -2.12. The molecule has 0 atom stereocenters. The van der Waals surface area contributed by atoms with Crippen LogP contribution in [0.15, 0.2) is 18.2 Å². The number of ether oxygens (including phenoxy) is 3. The zero-order valence-corrected chi connectivity index (χ0v) is 26.7. The molecular formula is C36H64O4. The van der Waals surface area contributed by atoms with Gasteiger partial charge in [0.2, 0.25) is 0 Å². The lowest BCUT2D eigenvalue weighted by atomic mass is 10.0. The molecule has 0 saturated heterocycles. The van der Waals surface area contributed by atoms with Gasteiger partial charge >= 0.3 is 5.97 Å². The third-order valence-electron chi connectivity index (χ3n) is 7.83. The molecule has 0 radical (unpaired) electrons. The number of esters is 1. The summed E-state index contributed by atoms with van der Waals surface area (Å²) in [5.74, 6) is 1.02. The van der Waals surface area contributed by atoms with Crippen molar-refractivity contribution in [3.63, 3.8) is 0 Å². The van der Waals surface area contributed by atoms with E-state index >= 15 is 0 Å². The fourth-order valence-electron chi connectivity index (χ4n) is 5.24. The molecular weight excluding hydrogens is 496 g/mol. The van der Waals surface area contributed by atoms with Gasteiger partial charge in [0.05, 0.1) is 25.9 Å². The number of unbranched alkanes of at least 4 members (excludes halogenated alkanes) is 22. The second-order valence-corrected chi connectivity index (χ2v) is 11.7. The van der Waals surface area contributed by atoms with E-state index in [0.717, 1.165) is 12.8 Å². The van der Waals surface area contributed by atoms with Crippen LogP contribution in [0, 0.1) is 0 Å². The van der Waals surface area contributed by atoms with Gasteiger partial charge in [0.15, 0.2) is 0 Å². The van der Waals surface area contributed by atoms with Crippen molar-refractivity contribution in [2.45, 2.75) is 168 Å². The van der Waals surface area contributed by atoms with Crippen LogP contribution in [0.1, 0.15) is 178 Å². The van der Waals surface area contributed by atoms with E-state index in [2.05, 4.69) is 13.8 Å². The summed E-state index contributed by atoms with van der Waals surface area (Å²) >= 11 is 0. The van der Waals surface area contributed by atoms with E-state index in [1.807, 2.05) is 6.07 Å². The quantitative estimate of drug-likeness (QED) is 0.0722. The Hall–Kier alpha value is -1.71. The lowest BCUT2D eigenvalue weighted by molar-refractivity contribution is 0.0599. The predicted octanol–water partition coefficient (Wildman–Crippen LogP) is 11.6. The van der Waals surface area contributed by atoms with E-state index in [1.54, 1.807) is 12.1 Å². The summed E-state index contributed by atoms with van der Waals surface area (Å²) in [5.41, 5.74) is 0.485. The Bertz CT molecular complexity index is 702. The predicted molar refractivity (Wildman–Crippen MR) is 171 cm³/mol. The largest absolute Gasteiger partial charge is 0.493 e. The highest BCUT2D eigenvalue weighted by Gasteiger charge is 2.11. The van der Waals surface area contributed by atoms with E-state index in [4.69, 9.17) is 14.2 Å². The molecule has 0 unspecified atom stereocenters. The summed E-state index contributed by atoms with van der Waals surface area (Å²) in [7, 11) is 1.41. The summed E-state index contributed by atoms with van der Waals surface area (Å²) < 4.78 is 16.9. The van der Waals surface area contributed by atoms with Crippen molar-refractivity contribution in [3.8, 4) is 11.5 Å². The van der Waals surface area contributed by atoms with Crippen LogP contribution in [-0.2, 0) is 4.74 Å². The minimum absolute atomic E-state index is 0.356. The Kier molecular flexibility index (Phi) is 24.9. The minimum Gasteiger partial charge on any atom is -0.493 e. The average molecular weight is 561 g/mol. The summed E-state index contributed by atoms with van der Waals surface area (Å²) in [6.07, 6.45) is 31.9. The molecule has 0 amide bonds. The van der Waals surface area contributed by atoms with Crippen LogP contribution in [-0.4, -0.2) is 26.3 Å². The third-order valence-corrected chi connectivity index (χ3v) is 7.83. The molecule has 0 fully saturated rings. The van der Waals surface area contributed by atoms with E-state index in [-0.39, 0.29) is 5.97 Å². The Morgan fingerprint density at radius 2 is 0.775 bits per heavy atom. The molecule has 0 spiro atoms. The molecule has 0 aliphatic rings. The highest BCUT2D eigenvalue weighted by atomic mass is 16.5. The van der Waals surface area contributed by atoms with E-state index in [0.29, 0.717) is 30.3 Å². The van der Waals surface area contributed by atoms with Crippen LogP contribution < -0.4 is 9.47 Å². The maximum atomic E-state index is 12.2. The second-order valence-electron chi connectivity index (χ2n) is 11.7. The molecule has 40 heavy (non-hydrogen) atoms. The van der Waals surface area contributed by atoms with Gasteiger partial charge < -0.3 is 14.2 Å². The SMILES string of the molecule is CCCCCCCCCCCCCCCCCOc1cc(OCCCCCCCCCCC)cc(C(=O)OC)c1. The first kappa shape index (κ1) is 36.3. The molecule has 0 heterocycles. The van der Waals surface area contributed by atoms with Crippen molar-refractivity contribution in [2.75, 3.05) is 20.3 Å². The van der Waals surface area contributed by atoms with Gasteiger partial charge in [-0.1, -0.05) is 155 Å². The van der Waals surface area contributed by atoms with Crippen molar-refractivity contribution >= 4 is 5.97 Å². The number of hydrogen-bond donors (Lipinski definition) is 0. The molecule has 1 rings (SSSR count). The van der Waals surface area contributed by atoms with Crippen LogP contribution in [0.4, 0.5) is 0 Å². The maximum Gasteiger partial charge on any atom is 0.338 e. The molecule has 0 bridgehead atoms. The standard InChI is InChI=1S/C36H64O4/c1-4-6-8-10-12-14-15-16-17-18-19-21-23-25-27-29-40-35-31-33(36(37)38-3)30-34(32-35)39-28-26-24-22-20-13-11-9-7-5-2/h30-32H,4-29H2,1-3H3. The number of carbonyl (C=O) groups is 1. The van der Waals surface area contributed by atoms with Crippen molar-refractivity contribution < 1.29 is 19.0 Å². The van der Waals surface area contributed by atoms with Crippen molar-refractivity contribution in [2.24, 2.45) is 0 Å². The molecule has 0 aromatic heterocycles. The molecule has 4 heteroatoms. The van der Waals surface area contributed by atoms with Gasteiger partial charge in [-0.3, -0.25) is 0 Å². The lowest BCUT2D eigenvalue weighted by Crippen LogP contribution is -2.05. The molecule has 4 nitrogen and oxygen atoms in total. The molecule has 0 N–H and O–H groups in total. The molecule has 1 aromatic rings. The van der Waals surface area contributed by atoms with E-state index < -0.39 is 0 Å². The Morgan fingerprint density at radius 3 is 1.07 bits per heavy atom. The van der Waals surface area contributed by atoms with Crippen LogP contribution in [0.2, 0.25) is 0 Å². The number of methoxy groups -OCH3 is 1. The topological polar surface area (TPSA) is 44.8 Å². The highest BCUT2D eigenvalue weighted by molar-refractivity contribution is 5.90. The molecule has 0 aliphatic carbocycles. The highest BCUT2D eigenvalue weighted by Crippen LogP contribution is 2.25.